The van der Waals surface area contributed by atoms with Crippen molar-refractivity contribution in [3.05, 3.63) is 30.1 Å². The van der Waals surface area contributed by atoms with Crippen LogP contribution in [0.2, 0.25) is 0 Å². The van der Waals surface area contributed by atoms with Crippen LogP contribution < -0.4 is 5.32 Å². The first kappa shape index (κ1) is 18.2. The molecule has 1 aromatic heterocycles. The lowest BCUT2D eigenvalue weighted by Crippen LogP contribution is -2.42. The SMILES string of the molecule is O=C(NCc1cccnc1)N1C[C@H](O)[C@@H](N2CCCC2)C1.O=CO. The van der Waals surface area contributed by atoms with Gasteiger partial charge in [-0.1, -0.05) is 6.07 Å². The van der Waals surface area contributed by atoms with Crippen LogP contribution in [0, 0.1) is 0 Å². The molecule has 0 radical (unpaired) electrons. The molecule has 3 heterocycles. The summed E-state index contributed by atoms with van der Waals surface area (Å²) in [5, 5.41) is 20.0. The first-order chi connectivity index (χ1) is 11.7. The van der Waals surface area contributed by atoms with Crippen molar-refractivity contribution in [1.29, 1.82) is 0 Å². The Morgan fingerprint density at radius 2 is 2.08 bits per heavy atom. The predicted octanol–water partition coefficient (Wildman–Crippen LogP) is 0.133. The van der Waals surface area contributed by atoms with Gasteiger partial charge < -0.3 is 20.4 Å². The number of aliphatic hydroxyl groups excluding tert-OH is 1. The number of carboxylic acid groups (broad SMARTS) is 1. The summed E-state index contributed by atoms with van der Waals surface area (Å²) in [5.74, 6) is 0. The number of β-amino-alcohol motifs (C(OH)–C–C–N with tert-alkyl or cyclic N) is 1. The molecule has 132 valence electrons. The van der Waals surface area contributed by atoms with Gasteiger partial charge >= 0.3 is 6.03 Å². The van der Waals surface area contributed by atoms with Crippen LogP contribution in [0.25, 0.3) is 0 Å². The van der Waals surface area contributed by atoms with E-state index in [1.165, 1.54) is 12.8 Å². The Morgan fingerprint density at radius 3 is 2.71 bits per heavy atom. The second-order valence-corrected chi connectivity index (χ2v) is 5.91. The molecule has 0 bridgehead atoms. The van der Waals surface area contributed by atoms with Crippen LogP contribution in [0.1, 0.15) is 18.4 Å². The number of pyridine rings is 1. The number of nitrogens with zero attached hydrogens (tertiary/aromatic N) is 3. The Labute approximate surface area is 141 Å². The zero-order valence-electron chi connectivity index (χ0n) is 13.5. The summed E-state index contributed by atoms with van der Waals surface area (Å²) < 4.78 is 0. The Morgan fingerprint density at radius 1 is 1.38 bits per heavy atom. The standard InChI is InChI=1S/C15H22N4O2.CH2O2/c20-14-11-19(10-13(14)18-6-1-2-7-18)15(21)17-9-12-4-3-5-16-8-12;2-1-3/h3-5,8,13-14,20H,1-2,6-7,9-11H2,(H,17,21);1H,(H,2,3)/t13-,14-;/m0./s1. The summed E-state index contributed by atoms with van der Waals surface area (Å²) in [6, 6.07) is 3.76. The number of likely N-dealkylation sites (tertiary alicyclic amines) is 2. The summed E-state index contributed by atoms with van der Waals surface area (Å²) in [5.41, 5.74) is 0.974. The van der Waals surface area contributed by atoms with Crippen LogP contribution in [-0.2, 0) is 11.3 Å². The minimum absolute atomic E-state index is 0.0941. The molecule has 2 saturated heterocycles. The molecular weight excluding hydrogens is 312 g/mol. The van der Waals surface area contributed by atoms with Crippen molar-refractivity contribution < 1.29 is 19.8 Å². The van der Waals surface area contributed by atoms with Crippen LogP contribution in [0.15, 0.2) is 24.5 Å². The van der Waals surface area contributed by atoms with Gasteiger partial charge in [0.15, 0.2) is 0 Å². The lowest BCUT2D eigenvalue weighted by atomic mass is 10.2. The molecule has 2 aliphatic rings. The number of hydrogen-bond acceptors (Lipinski definition) is 5. The third-order valence-electron chi connectivity index (χ3n) is 4.32. The van der Waals surface area contributed by atoms with E-state index in [2.05, 4.69) is 15.2 Å². The van der Waals surface area contributed by atoms with Gasteiger partial charge in [-0.2, -0.15) is 0 Å². The first-order valence-electron chi connectivity index (χ1n) is 8.07. The van der Waals surface area contributed by atoms with Crippen LogP contribution >= 0.6 is 0 Å². The molecule has 3 rings (SSSR count). The number of amides is 2. The Bertz CT molecular complexity index is 522. The van der Waals surface area contributed by atoms with Crippen molar-refractivity contribution >= 4 is 12.5 Å². The van der Waals surface area contributed by atoms with Gasteiger partial charge in [-0.3, -0.25) is 14.7 Å². The van der Waals surface area contributed by atoms with Crippen LogP contribution in [0.5, 0.6) is 0 Å². The smallest absolute Gasteiger partial charge is 0.317 e. The number of hydrogen-bond donors (Lipinski definition) is 3. The highest BCUT2D eigenvalue weighted by Crippen LogP contribution is 2.21. The number of aromatic nitrogens is 1. The quantitative estimate of drug-likeness (QED) is 0.678. The van der Waals surface area contributed by atoms with E-state index in [1.54, 1.807) is 17.3 Å². The molecule has 8 heteroatoms. The van der Waals surface area contributed by atoms with E-state index in [0.717, 1.165) is 18.7 Å². The molecule has 24 heavy (non-hydrogen) atoms. The number of carbonyl (C=O) groups excluding carboxylic acids is 1. The molecule has 8 nitrogen and oxygen atoms in total. The largest absolute Gasteiger partial charge is 0.483 e. The van der Waals surface area contributed by atoms with Gasteiger partial charge in [-0.15, -0.1) is 0 Å². The number of nitrogens with one attached hydrogen (secondary N) is 1. The highest BCUT2D eigenvalue weighted by atomic mass is 16.3. The van der Waals surface area contributed by atoms with Gasteiger partial charge in [0.25, 0.3) is 6.47 Å². The molecule has 2 fully saturated rings. The molecule has 0 spiro atoms. The van der Waals surface area contributed by atoms with Crippen molar-refractivity contribution in [2.45, 2.75) is 31.5 Å². The minimum atomic E-state index is -0.438. The highest BCUT2D eigenvalue weighted by Gasteiger charge is 2.38. The normalized spacial score (nSPS) is 23.5. The van der Waals surface area contributed by atoms with E-state index in [-0.39, 0.29) is 18.5 Å². The fourth-order valence-electron chi connectivity index (χ4n) is 3.16. The first-order valence-corrected chi connectivity index (χ1v) is 8.07. The lowest BCUT2D eigenvalue weighted by molar-refractivity contribution is -0.122. The molecule has 3 N–H and O–H groups in total. The zero-order valence-corrected chi connectivity index (χ0v) is 13.5. The van der Waals surface area contributed by atoms with E-state index in [0.29, 0.717) is 19.6 Å². The van der Waals surface area contributed by atoms with Crippen molar-refractivity contribution in [1.82, 2.24) is 20.1 Å². The van der Waals surface area contributed by atoms with Crippen molar-refractivity contribution in [3.63, 3.8) is 0 Å². The lowest BCUT2D eigenvalue weighted by Gasteiger charge is -2.25. The monoisotopic (exact) mass is 336 g/mol. The van der Waals surface area contributed by atoms with Gasteiger partial charge in [0.05, 0.1) is 12.1 Å². The maximum Gasteiger partial charge on any atom is 0.317 e. The minimum Gasteiger partial charge on any atom is -0.483 e. The van der Waals surface area contributed by atoms with E-state index >= 15 is 0 Å². The maximum atomic E-state index is 12.2. The molecule has 1 aromatic rings. The Kier molecular flexibility index (Phi) is 6.95. The molecule has 2 amide bonds. The van der Waals surface area contributed by atoms with Crippen LogP contribution in [-0.4, -0.2) is 75.8 Å². The predicted molar refractivity (Wildman–Crippen MR) is 87.3 cm³/mol. The average Bonchev–Trinajstić information content (AvgIpc) is 3.23. The summed E-state index contributed by atoms with van der Waals surface area (Å²) in [6.45, 7) is 3.31. The third kappa shape index (κ3) is 4.90. The Balaban J connectivity index is 0.000000647. The molecular formula is C16H24N4O4. The van der Waals surface area contributed by atoms with E-state index in [9.17, 15) is 9.90 Å². The van der Waals surface area contributed by atoms with Gasteiger partial charge in [0, 0.05) is 32.0 Å². The van der Waals surface area contributed by atoms with Crippen LogP contribution in [0.4, 0.5) is 4.79 Å². The van der Waals surface area contributed by atoms with E-state index in [4.69, 9.17) is 9.90 Å². The topological polar surface area (TPSA) is 106 Å². The molecule has 2 atom stereocenters. The van der Waals surface area contributed by atoms with Crippen LogP contribution in [0.3, 0.4) is 0 Å². The Hall–Kier alpha value is -2.19. The van der Waals surface area contributed by atoms with E-state index < -0.39 is 6.10 Å². The fourth-order valence-corrected chi connectivity index (χ4v) is 3.16. The number of carbonyl (C=O) groups is 2. The average molecular weight is 336 g/mol. The van der Waals surface area contributed by atoms with Crippen molar-refractivity contribution in [2.24, 2.45) is 0 Å². The van der Waals surface area contributed by atoms with Gasteiger partial charge in [0.1, 0.15) is 0 Å². The summed E-state index contributed by atoms with van der Waals surface area (Å²) >= 11 is 0. The molecule has 0 saturated carbocycles. The number of urea groups is 1. The molecule has 0 unspecified atom stereocenters. The number of rotatable bonds is 3. The molecule has 0 aliphatic carbocycles. The summed E-state index contributed by atoms with van der Waals surface area (Å²) in [6.07, 6.45) is 5.40. The fraction of sp³-hybridized carbons (Fsp3) is 0.562. The second kappa shape index (κ2) is 9.19. The number of aliphatic hydroxyl groups is 1. The molecule has 0 aromatic carbocycles. The summed E-state index contributed by atoms with van der Waals surface area (Å²) in [4.78, 5) is 28.6. The summed E-state index contributed by atoms with van der Waals surface area (Å²) in [7, 11) is 0. The van der Waals surface area contributed by atoms with E-state index in [1.807, 2.05) is 12.1 Å². The van der Waals surface area contributed by atoms with Gasteiger partial charge in [0.2, 0.25) is 0 Å². The zero-order chi connectivity index (χ0) is 17.4. The van der Waals surface area contributed by atoms with Gasteiger partial charge in [-0.05, 0) is 37.6 Å². The van der Waals surface area contributed by atoms with Gasteiger partial charge in [-0.25, -0.2) is 4.79 Å². The molecule has 2 aliphatic heterocycles. The maximum absolute atomic E-state index is 12.2. The third-order valence-corrected chi connectivity index (χ3v) is 4.32. The highest BCUT2D eigenvalue weighted by molar-refractivity contribution is 5.74. The second-order valence-electron chi connectivity index (χ2n) is 5.91. The van der Waals surface area contributed by atoms with Crippen molar-refractivity contribution in [3.8, 4) is 0 Å². The van der Waals surface area contributed by atoms with Crippen molar-refractivity contribution in [2.75, 3.05) is 26.2 Å².